The second kappa shape index (κ2) is 7.78. The molecule has 1 aromatic carbocycles. The molecular formula is C20H22FN3O2S. The molecule has 142 valence electrons. The van der Waals surface area contributed by atoms with Gasteiger partial charge >= 0.3 is 0 Å². The van der Waals surface area contributed by atoms with Crippen molar-refractivity contribution in [2.75, 3.05) is 13.7 Å². The second-order valence-electron chi connectivity index (χ2n) is 6.72. The molecule has 0 amide bonds. The van der Waals surface area contributed by atoms with E-state index in [2.05, 4.69) is 9.88 Å². The molecule has 4 rings (SSSR count). The highest BCUT2D eigenvalue weighted by Crippen LogP contribution is 2.34. The summed E-state index contributed by atoms with van der Waals surface area (Å²) in [5.74, 6) is 1.06. The van der Waals surface area contributed by atoms with Gasteiger partial charge in [-0.05, 0) is 44.5 Å². The van der Waals surface area contributed by atoms with Gasteiger partial charge in [-0.15, -0.1) is 11.3 Å². The summed E-state index contributed by atoms with van der Waals surface area (Å²) in [5.41, 5.74) is 1.62. The quantitative estimate of drug-likeness (QED) is 0.618. The Morgan fingerprint density at radius 3 is 3.04 bits per heavy atom. The molecule has 2 aromatic heterocycles. The minimum atomic E-state index is -0.399. The highest BCUT2D eigenvalue weighted by atomic mass is 32.1. The molecule has 3 aromatic rings. The monoisotopic (exact) mass is 387 g/mol. The van der Waals surface area contributed by atoms with Crippen molar-refractivity contribution in [2.24, 2.45) is 0 Å². The molecule has 0 bridgehead atoms. The molecule has 1 atom stereocenters. The van der Waals surface area contributed by atoms with E-state index in [1.54, 1.807) is 23.5 Å². The maximum atomic E-state index is 13.7. The van der Waals surface area contributed by atoms with Crippen molar-refractivity contribution >= 4 is 11.3 Å². The lowest BCUT2D eigenvalue weighted by atomic mass is 10.0. The number of aromatic nitrogens is 2. The number of oxazole rings is 1. The first-order valence-corrected chi connectivity index (χ1v) is 9.97. The number of methoxy groups -OCH3 is 1. The zero-order chi connectivity index (χ0) is 18.8. The first-order valence-electron chi connectivity index (χ1n) is 9.09. The van der Waals surface area contributed by atoms with E-state index in [9.17, 15) is 4.39 Å². The number of benzene rings is 1. The largest absolute Gasteiger partial charge is 0.494 e. The maximum absolute atomic E-state index is 13.7. The zero-order valence-electron chi connectivity index (χ0n) is 15.4. The predicted octanol–water partition coefficient (Wildman–Crippen LogP) is 4.98. The van der Waals surface area contributed by atoms with Crippen molar-refractivity contribution in [2.45, 2.75) is 38.8 Å². The molecule has 0 saturated carbocycles. The number of piperidine rings is 1. The van der Waals surface area contributed by atoms with Crippen LogP contribution in [0.15, 0.2) is 34.2 Å². The van der Waals surface area contributed by atoms with Crippen LogP contribution >= 0.6 is 11.3 Å². The van der Waals surface area contributed by atoms with E-state index in [1.807, 2.05) is 18.5 Å². The summed E-state index contributed by atoms with van der Waals surface area (Å²) in [6.07, 6.45) is 5.39. The Kier molecular flexibility index (Phi) is 5.22. The Labute approximate surface area is 161 Å². The van der Waals surface area contributed by atoms with Gasteiger partial charge in [0.1, 0.15) is 10.8 Å². The van der Waals surface area contributed by atoms with Gasteiger partial charge in [0.05, 0.1) is 18.8 Å². The SMILES string of the molecule is COc1cc(-c2nc(CN3CCCCC3c3nccs3)c(C)o2)ccc1F. The number of nitrogens with zero attached hydrogens (tertiary/aromatic N) is 3. The van der Waals surface area contributed by atoms with Crippen LogP contribution in [0.4, 0.5) is 4.39 Å². The molecule has 27 heavy (non-hydrogen) atoms. The molecule has 1 saturated heterocycles. The van der Waals surface area contributed by atoms with Gasteiger partial charge in [-0.3, -0.25) is 4.90 Å². The van der Waals surface area contributed by atoms with Crippen molar-refractivity contribution in [3.63, 3.8) is 0 Å². The van der Waals surface area contributed by atoms with Gasteiger partial charge < -0.3 is 9.15 Å². The molecule has 7 heteroatoms. The molecule has 0 N–H and O–H groups in total. The third kappa shape index (κ3) is 3.75. The summed E-state index contributed by atoms with van der Waals surface area (Å²) in [6.45, 7) is 3.67. The Morgan fingerprint density at radius 1 is 1.37 bits per heavy atom. The molecule has 5 nitrogen and oxygen atoms in total. The summed E-state index contributed by atoms with van der Waals surface area (Å²) in [7, 11) is 1.45. The van der Waals surface area contributed by atoms with Crippen LogP contribution in [0.3, 0.4) is 0 Å². The van der Waals surface area contributed by atoms with Gasteiger partial charge in [-0.25, -0.2) is 14.4 Å². The number of rotatable bonds is 5. The summed E-state index contributed by atoms with van der Waals surface area (Å²) < 4.78 is 24.6. The smallest absolute Gasteiger partial charge is 0.226 e. The summed E-state index contributed by atoms with van der Waals surface area (Å²) >= 11 is 1.71. The van der Waals surface area contributed by atoms with Crippen molar-refractivity contribution in [1.29, 1.82) is 0 Å². The molecule has 1 unspecified atom stereocenters. The lowest BCUT2D eigenvalue weighted by Gasteiger charge is -2.33. The van der Waals surface area contributed by atoms with Crippen LogP contribution in [0.1, 0.15) is 41.8 Å². The van der Waals surface area contributed by atoms with E-state index in [0.29, 0.717) is 17.5 Å². The minimum absolute atomic E-state index is 0.185. The molecule has 0 spiro atoms. The van der Waals surface area contributed by atoms with Crippen LogP contribution in [-0.4, -0.2) is 28.5 Å². The Bertz CT molecular complexity index is 910. The van der Waals surface area contributed by atoms with Gasteiger partial charge in [-0.2, -0.15) is 0 Å². The van der Waals surface area contributed by atoms with Crippen LogP contribution in [0.5, 0.6) is 5.75 Å². The van der Waals surface area contributed by atoms with Crippen LogP contribution in [0.25, 0.3) is 11.5 Å². The van der Waals surface area contributed by atoms with E-state index >= 15 is 0 Å². The summed E-state index contributed by atoms with van der Waals surface area (Å²) in [5, 5.41) is 3.20. The fraction of sp³-hybridized carbons (Fsp3) is 0.400. The lowest BCUT2D eigenvalue weighted by molar-refractivity contribution is 0.138. The Morgan fingerprint density at radius 2 is 2.26 bits per heavy atom. The number of hydrogen-bond donors (Lipinski definition) is 0. The van der Waals surface area contributed by atoms with Crippen molar-refractivity contribution in [3.8, 4) is 17.2 Å². The third-order valence-corrected chi connectivity index (χ3v) is 5.87. The summed E-state index contributed by atoms with van der Waals surface area (Å²) in [4.78, 5) is 11.6. The van der Waals surface area contributed by atoms with Crippen molar-refractivity contribution in [1.82, 2.24) is 14.9 Å². The van der Waals surface area contributed by atoms with Crippen LogP contribution in [0.2, 0.25) is 0 Å². The molecule has 0 aliphatic carbocycles. The molecular weight excluding hydrogens is 365 g/mol. The van der Waals surface area contributed by atoms with Gasteiger partial charge in [0.2, 0.25) is 5.89 Å². The minimum Gasteiger partial charge on any atom is -0.494 e. The maximum Gasteiger partial charge on any atom is 0.226 e. The first kappa shape index (κ1) is 18.1. The second-order valence-corrected chi connectivity index (χ2v) is 7.65. The van der Waals surface area contributed by atoms with Crippen molar-refractivity contribution < 1.29 is 13.5 Å². The van der Waals surface area contributed by atoms with Gasteiger partial charge in [0.25, 0.3) is 0 Å². The fourth-order valence-corrected chi connectivity index (χ4v) is 4.35. The molecule has 1 aliphatic rings. The fourth-order valence-electron chi connectivity index (χ4n) is 3.54. The van der Waals surface area contributed by atoms with Gasteiger partial charge in [0.15, 0.2) is 11.6 Å². The normalized spacial score (nSPS) is 18.0. The van der Waals surface area contributed by atoms with E-state index in [1.165, 1.54) is 31.0 Å². The number of aryl methyl sites for hydroxylation is 1. The first-order chi connectivity index (χ1) is 13.2. The van der Waals surface area contributed by atoms with Gasteiger partial charge in [0, 0.05) is 23.7 Å². The molecule has 1 aliphatic heterocycles. The van der Waals surface area contributed by atoms with Crippen LogP contribution in [0, 0.1) is 12.7 Å². The van der Waals surface area contributed by atoms with E-state index in [0.717, 1.165) is 31.0 Å². The number of thiazole rings is 1. The zero-order valence-corrected chi connectivity index (χ0v) is 16.3. The molecule has 3 heterocycles. The topological polar surface area (TPSA) is 51.4 Å². The Hall–Kier alpha value is -2.25. The molecule has 0 radical (unpaired) electrons. The summed E-state index contributed by atoms with van der Waals surface area (Å²) in [6, 6.07) is 4.98. The van der Waals surface area contributed by atoms with Crippen LogP contribution < -0.4 is 4.74 Å². The Balaban J connectivity index is 1.58. The van der Waals surface area contributed by atoms with Gasteiger partial charge in [-0.1, -0.05) is 6.42 Å². The highest BCUT2D eigenvalue weighted by Gasteiger charge is 2.27. The van der Waals surface area contributed by atoms with E-state index < -0.39 is 5.82 Å². The standard InChI is InChI=1S/C20H22FN3O2S/c1-13-16(12-24-9-4-3-5-17(24)20-22-8-10-27-20)23-19(26-13)14-6-7-15(21)18(11-14)25-2/h6-8,10-11,17H,3-5,9,12H2,1-2H3. The number of ether oxygens (including phenoxy) is 1. The van der Waals surface area contributed by atoms with E-state index in [4.69, 9.17) is 14.1 Å². The number of likely N-dealkylation sites (tertiary alicyclic amines) is 1. The van der Waals surface area contributed by atoms with E-state index in [-0.39, 0.29) is 5.75 Å². The average molecular weight is 387 g/mol. The number of halogens is 1. The average Bonchev–Trinajstić information content (AvgIpc) is 3.33. The van der Waals surface area contributed by atoms with Crippen LogP contribution in [-0.2, 0) is 6.54 Å². The number of hydrogen-bond acceptors (Lipinski definition) is 6. The van der Waals surface area contributed by atoms with Crippen molar-refractivity contribution in [3.05, 3.63) is 52.1 Å². The lowest BCUT2D eigenvalue weighted by Crippen LogP contribution is -2.33. The molecule has 1 fully saturated rings. The highest BCUT2D eigenvalue weighted by molar-refractivity contribution is 7.09. The third-order valence-electron chi connectivity index (χ3n) is 4.99. The predicted molar refractivity (Wildman–Crippen MR) is 102 cm³/mol.